The minimum absolute atomic E-state index is 0.0703. The Morgan fingerprint density at radius 1 is 1.35 bits per heavy atom. The second-order valence-corrected chi connectivity index (χ2v) is 8.13. The highest BCUT2D eigenvalue weighted by atomic mass is 35.5. The zero-order chi connectivity index (χ0) is 21.5. The maximum Gasteiger partial charge on any atom is 0.325 e. The quantitative estimate of drug-likeness (QED) is 0.436. The molecule has 4 aromatic rings. The molecule has 0 radical (unpaired) electrons. The predicted molar refractivity (Wildman–Crippen MR) is 117 cm³/mol. The number of halogens is 2. The number of benzene rings is 2. The average Bonchev–Trinajstić information content (AvgIpc) is 3.26. The third-order valence-electron chi connectivity index (χ3n) is 5.70. The Morgan fingerprint density at radius 2 is 2.23 bits per heavy atom. The minimum Gasteiger partial charge on any atom is -0.465 e. The molecule has 6 nitrogen and oxygen atoms in total. The van der Waals surface area contributed by atoms with Gasteiger partial charge < -0.3 is 19.0 Å². The number of aromatic nitrogens is 2. The first kappa shape index (κ1) is 19.9. The van der Waals surface area contributed by atoms with Gasteiger partial charge in [-0.3, -0.25) is 4.79 Å². The van der Waals surface area contributed by atoms with Crippen LogP contribution in [0.4, 0.5) is 10.4 Å². The number of carbonyl (C=O) groups is 1. The molecule has 1 atom stereocenters. The minimum atomic E-state index is -0.297. The van der Waals surface area contributed by atoms with Gasteiger partial charge in [-0.1, -0.05) is 11.6 Å². The molecule has 1 aliphatic carbocycles. The van der Waals surface area contributed by atoms with Crippen LogP contribution in [0.1, 0.15) is 24.6 Å². The SMILES string of the molecule is CCOC(=O)Cn1c2c(c3cc(F)ccc31)C[C@@H](Nc1nc3cc(Cl)ccc3o1)CC2. The fourth-order valence-corrected chi connectivity index (χ4v) is 4.56. The van der Waals surface area contributed by atoms with E-state index in [1.165, 1.54) is 6.07 Å². The van der Waals surface area contributed by atoms with Crippen LogP contribution < -0.4 is 5.32 Å². The van der Waals surface area contributed by atoms with Crippen LogP contribution in [0.3, 0.4) is 0 Å². The van der Waals surface area contributed by atoms with Gasteiger partial charge in [0.2, 0.25) is 0 Å². The highest BCUT2D eigenvalue weighted by Gasteiger charge is 2.27. The zero-order valence-electron chi connectivity index (χ0n) is 17.0. The molecule has 0 fully saturated rings. The number of rotatable bonds is 5. The number of ether oxygens (including phenoxy) is 1. The second kappa shape index (κ2) is 7.89. The van der Waals surface area contributed by atoms with E-state index in [1.807, 2.05) is 4.57 Å². The number of hydrogen-bond acceptors (Lipinski definition) is 5. The molecule has 160 valence electrons. The third-order valence-corrected chi connectivity index (χ3v) is 5.93. The molecule has 0 saturated heterocycles. The zero-order valence-corrected chi connectivity index (χ0v) is 17.7. The summed E-state index contributed by atoms with van der Waals surface area (Å²) in [5.41, 5.74) is 4.30. The highest BCUT2D eigenvalue weighted by Crippen LogP contribution is 2.34. The van der Waals surface area contributed by atoms with Crippen molar-refractivity contribution in [2.24, 2.45) is 0 Å². The lowest BCUT2D eigenvalue weighted by Gasteiger charge is -2.24. The van der Waals surface area contributed by atoms with Crippen molar-refractivity contribution in [1.82, 2.24) is 9.55 Å². The Labute approximate surface area is 182 Å². The molecule has 0 spiro atoms. The van der Waals surface area contributed by atoms with E-state index in [0.717, 1.165) is 35.0 Å². The van der Waals surface area contributed by atoms with E-state index in [-0.39, 0.29) is 24.4 Å². The topological polar surface area (TPSA) is 69.3 Å². The number of fused-ring (bicyclic) bond motifs is 4. The Hall–Kier alpha value is -3.06. The fraction of sp³-hybridized carbons (Fsp3) is 0.304. The van der Waals surface area contributed by atoms with Crippen LogP contribution in [0, 0.1) is 5.82 Å². The van der Waals surface area contributed by atoms with Crippen molar-refractivity contribution < 1.29 is 18.3 Å². The molecular weight excluding hydrogens is 421 g/mol. The molecule has 2 aromatic carbocycles. The lowest BCUT2D eigenvalue weighted by molar-refractivity contribution is -0.143. The predicted octanol–water partition coefficient (Wildman–Crippen LogP) is 5.11. The summed E-state index contributed by atoms with van der Waals surface area (Å²) in [6, 6.07) is 10.5. The van der Waals surface area contributed by atoms with Crippen LogP contribution in [0.2, 0.25) is 5.02 Å². The molecule has 0 amide bonds. The van der Waals surface area contributed by atoms with E-state index in [4.69, 9.17) is 20.8 Å². The van der Waals surface area contributed by atoms with Gasteiger partial charge in [0, 0.05) is 27.7 Å². The number of carbonyl (C=O) groups excluding carboxylic acids is 1. The van der Waals surface area contributed by atoms with Gasteiger partial charge in [0.05, 0.1) is 6.61 Å². The summed E-state index contributed by atoms with van der Waals surface area (Å²) in [5, 5.41) is 4.80. The molecular formula is C23H21ClFN3O3. The van der Waals surface area contributed by atoms with Crippen LogP contribution in [-0.2, 0) is 28.9 Å². The van der Waals surface area contributed by atoms with E-state index in [9.17, 15) is 9.18 Å². The standard InChI is InChI=1S/C23H21ClFN3O3/c1-2-30-22(29)12-28-19-6-4-14(25)10-16(19)17-11-15(5-7-20(17)28)26-23-27-18-9-13(24)3-8-21(18)31-23/h3-4,6,8-10,15H,2,5,7,11-12H2,1H3,(H,26,27)/t15-/m0/s1. The van der Waals surface area contributed by atoms with Crippen LogP contribution >= 0.6 is 11.6 Å². The molecule has 8 heteroatoms. The summed E-state index contributed by atoms with van der Waals surface area (Å²) in [7, 11) is 0. The first-order chi connectivity index (χ1) is 15.0. The lowest BCUT2D eigenvalue weighted by Crippen LogP contribution is -2.28. The normalized spacial score (nSPS) is 15.9. The van der Waals surface area contributed by atoms with E-state index in [1.54, 1.807) is 37.3 Å². The number of nitrogens with one attached hydrogen (secondary N) is 1. The fourth-order valence-electron chi connectivity index (χ4n) is 4.40. The van der Waals surface area contributed by atoms with Gasteiger partial charge in [-0.15, -0.1) is 0 Å². The van der Waals surface area contributed by atoms with Gasteiger partial charge in [0.15, 0.2) is 5.58 Å². The lowest BCUT2D eigenvalue weighted by atomic mass is 9.91. The largest absolute Gasteiger partial charge is 0.465 e. The number of anilines is 1. The van der Waals surface area contributed by atoms with Crippen molar-refractivity contribution in [1.29, 1.82) is 0 Å². The highest BCUT2D eigenvalue weighted by molar-refractivity contribution is 6.31. The summed E-state index contributed by atoms with van der Waals surface area (Å²) in [4.78, 5) is 16.6. The number of nitrogens with zero attached hydrogens (tertiary/aromatic N) is 2. The van der Waals surface area contributed by atoms with E-state index in [2.05, 4.69) is 10.3 Å². The molecule has 2 heterocycles. The summed E-state index contributed by atoms with van der Waals surface area (Å²) < 4.78 is 26.9. The van der Waals surface area contributed by atoms with Crippen molar-refractivity contribution in [2.45, 2.75) is 38.8 Å². The van der Waals surface area contributed by atoms with Gasteiger partial charge in [-0.05, 0) is 68.1 Å². The Bertz CT molecular complexity index is 1300. The smallest absolute Gasteiger partial charge is 0.325 e. The second-order valence-electron chi connectivity index (χ2n) is 7.69. The van der Waals surface area contributed by atoms with E-state index >= 15 is 0 Å². The molecule has 1 aliphatic rings. The van der Waals surface area contributed by atoms with Gasteiger partial charge in [-0.25, -0.2) is 4.39 Å². The molecule has 0 saturated carbocycles. The third kappa shape index (κ3) is 3.74. The maximum atomic E-state index is 14.0. The summed E-state index contributed by atoms with van der Waals surface area (Å²) in [6.07, 6.45) is 2.24. The van der Waals surface area contributed by atoms with Crippen LogP contribution in [0.5, 0.6) is 0 Å². The number of oxazole rings is 1. The van der Waals surface area contributed by atoms with Crippen LogP contribution in [-0.4, -0.2) is 28.2 Å². The molecule has 0 aliphatic heterocycles. The maximum absolute atomic E-state index is 14.0. The van der Waals surface area contributed by atoms with E-state index in [0.29, 0.717) is 35.2 Å². The van der Waals surface area contributed by atoms with Crippen molar-refractivity contribution in [3.63, 3.8) is 0 Å². The van der Waals surface area contributed by atoms with Gasteiger partial charge in [-0.2, -0.15) is 4.98 Å². The van der Waals surface area contributed by atoms with Crippen molar-refractivity contribution in [3.05, 3.63) is 58.5 Å². The molecule has 5 rings (SSSR count). The van der Waals surface area contributed by atoms with Crippen LogP contribution in [0.15, 0.2) is 40.8 Å². The summed E-state index contributed by atoms with van der Waals surface area (Å²) in [6.45, 7) is 2.23. The molecule has 0 unspecified atom stereocenters. The monoisotopic (exact) mass is 441 g/mol. The Morgan fingerprint density at radius 3 is 3.06 bits per heavy atom. The van der Waals surface area contributed by atoms with Gasteiger partial charge in [0.25, 0.3) is 6.01 Å². The van der Waals surface area contributed by atoms with Crippen molar-refractivity contribution >= 4 is 45.6 Å². The molecule has 2 aromatic heterocycles. The summed E-state index contributed by atoms with van der Waals surface area (Å²) in [5.74, 6) is -0.591. The van der Waals surface area contributed by atoms with Crippen LogP contribution in [0.25, 0.3) is 22.0 Å². The first-order valence-corrected chi connectivity index (χ1v) is 10.7. The average molecular weight is 442 g/mol. The number of hydrogen-bond donors (Lipinski definition) is 1. The Balaban J connectivity index is 1.46. The van der Waals surface area contributed by atoms with Gasteiger partial charge in [0.1, 0.15) is 17.9 Å². The first-order valence-electron chi connectivity index (χ1n) is 10.3. The molecule has 0 bridgehead atoms. The number of esters is 1. The Kier molecular flexibility index (Phi) is 5.06. The summed E-state index contributed by atoms with van der Waals surface area (Å²) >= 11 is 6.03. The van der Waals surface area contributed by atoms with E-state index < -0.39 is 0 Å². The molecule has 1 N–H and O–H groups in total. The van der Waals surface area contributed by atoms with Crippen molar-refractivity contribution in [3.8, 4) is 0 Å². The van der Waals surface area contributed by atoms with Gasteiger partial charge >= 0.3 is 5.97 Å². The molecule has 31 heavy (non-hydrogen) atoms. The van der Waals surface area contributed by atoms with Crippen molar-refractivity contribution in [2.75, 3.05) is 11.9 Å².